The van der Waals surface area contributed by atoms with Crippen molar-refractivity contribution < 1.29 is 23.5 Å². The van der Waals surface area contributed by atoms with E-state index in [1.54, 1.807) is 0 Å². The Bertz CT molecular complexity index is 973. The van der Waals surface area contributed by atoms with Crippen molar-refractivity contribution >= 4 is 8.80 Å². The van der Waals surface area contributed by atoms with Gasteiger partial charge in [0.05, 0.1) is 5.54 Å². The first kappa shape index (κ1) is 27.0. The van der Waals surface area contributed by atoms with Crippen LogP contribution < -0.4 is 0 Å². The molecule has 3 rings (SSSR count). The van der Waals surface area contributed by atoms with Crippen LogP contribution in [0.4, 0.5) is 0 Å². The maximum absolute atomic E-state index is 11.6. The highest BCUT2D eigenvalue weighted by atomic mass is 28.4. The number of aromatic hydroxyl groups is 2. The first-order valence-corrected chi connectivity index (χ1v) is 14.4. The minimum absolute atomic E-state index is 0.0889. The Kier molecular flexibility index (Phi) is 9.92. The van der Waals surface area contributed by atoms with E-state index in [9.17, 15) is 10.2 Å². The molecule has 0 spiro atoms. The van der Waals surface area contributed by atoms with Gasteiger partial charge in [-0.25, -0.2) is 0 Å². The fourth-order valence-corrected chi connectivity index (χ4v) is 7.89. The van der Waals surface area contributed by atoms with Crippen LogP contribution >= 0.6 is 0 Å². The number of hydrogen-bond acceptors (Lipinski definition) is 5. The normalized spacial score (nSPS) is 12.6. The third kappa shape index (κ3) is 6.33. The molecule has 0 aliphatic rings. The number of benzene rings is 3. The summed E-state index contributed by atoms with van der Waals surface area (Å²) in [7, 11) is -3.28. The van der Waals surface area contributed by atoms with E-state index in [-0.39, 0.29) is 11.5 Å². The molecule has 6 heteroatoms. The highest BCUT2D eigenvalue weighted by Crippen LogP contribution is 2.46. The summed E-state index contributed by atoms with van der Waals surface area (Å²) in [5.74, 6) is 0.178. The zero-order chi connectivity index (χ0) is 25.3. The smallest absolute Gasteiger partial charge is 0.507 e. The van der Waals surface area contributed by atoms with Crippen molar-refractivity contribution in [2.24, 2.45) is 0 Å². The Morgan fingerprint density at radius 1 is 0.657 bits per heavy atom. The Morgan fingerprint density at radius 2 is 1.06 bits per heavy atom. The first-order chi connectivity index (χ1) is 17.0. The van der Waals surface area contributed by atoms with E-state index >= 15 is 0 Å². The molecule has 35 heavy (non-hydrogen) atoms. The maximum atomic E-state index is 11.6. The summed E-state index contributed by atoms with van der Waals surface area (Å²) in [4.78, 5) is 0. The lowest BCUT2D eigenvalue weighted by Crippen LogP contribution is -2.52. The van der Waals surface area contributed by atoms with Crippen LogP contribution in [0.3, 0.4) is 0 Å². The second kappa shape index (κ2) is 12.9. The predicted octanol–water partition coefficient (Wildman–Crippen LogP) is 6.36. The number of phenolic OH excluding ortho intramolecular Hbond substituents is 2. The lowest BCUT2D eigenvalue weighted by Gasteiger charge is -2.36. The average molecular weight is 495 g/mol. The van der Waals surface area contributed by atoms with Gasteiger partial charge in [-0.3, -0.25) is 0 Å². The molecule has 1 unspecified atom stereocenters. The molecule has 0 bridgehead atoms. The fraction of sp³-hybridized carbons (Fsp3) is 0.379. The van der Waals surface area contributed by atoms with E-state index < -0.39 is 14.3 Å². The number of hydrogen-bond donors (Lipinski definition) is 2. The third-order valence-electron chi connectivity index (χ3n) is 6.16. The summed E-state index contributed by atoms with van der Waals surface area (Å²) in [6.45, 7) is 9.03. The standard InChI is InChI=1S/C29H38O5Si/c1-5-26(35(32-6-2,33-7-3)34-8-4)27-28(30)24(19-22-15-11-9-12-16-22)21-25(29(27)31)20-23-17-13-10-14-18-23/h9-18,21,26,30-31H,5-8,19-20H2,1-4H3. The largest absolute Gasteiger partial charge is 0.509 e. The molecule has 0 radical (unpaired) electrons. The molecule has 1 atom stereocenters. The van der Waals surface area contributed by atoms with Gasteiger partial charge in [0.15, 0.2) is 0 Å². The molecule has 0 aliphatic carbocycles. The van der Waals surface area contributed by atoms with Crippen LogP contribution in [-0.2, 0) is 26.1 Å². The fourth-order valence-electron chi connectivity index (χ4n) is 4.70. The summed E-state index contributed by atoms with van der Waals surface area (Å²) in [5.41, 5.74) is 3.75. The molecule has 5 nitrogen and oxygen atoms in total. The molecule has 0 saturated carbocycles. The van der Waals surface area contributed by atoms with Crippen LogP contribution in [0.2, 0.25) is 0 Å². The average Bonchev–Trinajstić information content (AvgIpc) is 2.86. The van der Waals surface area contributed by atoms with Crippen LogP contribution in [0.1, 0.15) is 67.5 Å². The summed E-state index contributed by atoms with van der Waals surface area (Å²) in [6.07, 6.45) is 1.68. The third-order valence-corrected chi connectivity index (χ3v) is 9.79. The Hall–Kier alpha value is -2.64. The van der Waals surface area contributed by atoms with Gasteiger partial charge in [-0.05, 0) is 55.5 Å². The summed E-state index contributed by atoms with van der Waals surface area (Å²) < 4.78 is 18.6. The predicted molar refractivity (Wildman–Crippen MR) is 142 cm³/mol. The molecule has 188 valence electrons. The minimum atomic E-state index is -3.28. The van der Waals surface area contributed by atoms with Gasteiger partial charge in [0.25, 0.3) is 0 Å². The van der Waals surface area contributed by atoms with Crippen LogP contribution in [0.15, 0.2) is 66.7 Å². The molecule has 0 saturated heterocycles. The second-order valence-electron chi connectivity index (χ2n) is 8.49. The van der Waals surface area contributed by atoms with E-state index in [0.717, 1.165) is 22.3 Å². The van der Waals surface area contributed by atoms with Gasteiger partial charge in [0.1, 0.15) is 11.5 Å². The number of phenols is 2. The van der Waals surface area contributed by atoms with Crippen molar-refractivity contribution in [3.63, 3.8) is 0 Å². The van der Waals surface area contributed by atoms with Gasteiger partial charge in [-0.1, -0.05) is 67.6 Å². The molecule has 3 aromatic carbocycles. The van der Waals surface area contributed by atoms with E-state index in [2.05, 4.69) is 0 Å². The Balaban J connectivity index is 2.21. The summed E-state index contributed by atoms with van der Waals surface area (Å²) >= 11 is 0. The SMILES string of the molecule is CCO[Si](OCC)(OCC)C(CC)c1c(O)c(Cc2ccccc2)cc(Cc2ccccc2)c1O. The highest BCUT2D eigenvalue weighted by molar-refractivity contribution is 6.62. The molecule has 2 N–H and O–H groups in total. The van der Waals surface area contributed by atoms with Crippen molar-refractivity contribution in [2.45, 2.75) is 52.5 Å². The molecule has 0 heterocycles. The van der Waals surface area contributed by atoms with Gasteiger partial charge in [-0.2, -0.15) is 0 Å². The zero-order valence-corrected chi connectivity index (χ0v) is 22.3. The quantitative estimate of drug-likeness (QED) is 0.271. The molecule has 0 aliphatic heterocycles. The van der Waals surface area contributed by atoms with Crippen molar-refractivity contribution in [3.05, 3.63) is 94.5 Å². The lowest BCUT2D eigenvalue weighted by molar-refractivity contribution is 0.0605. The summed E-state index contributed by atoms with van der Waals surface area (Å²) in [6, 6.07) is 22.0. The van der Waals surface area contributed by atoms with Gasteiger partial charge in [0, 0.05) is 38.2 Å². The van der Waals surface area contributed by atoms with Gasteiger partial charge in [-0.15, -0.1) is 0 Å². The molecular weight excluding hydrogens is 456 g/mol. The van der Waals surface area contributed by atoms with Gasteiger partial charge in [0.2, 0.25) is 0 Å². The monoisotopic (exact) mass is 494 g/mol. The van der Waals surface area contributed by atoms with Gasteiger partial charge < -0.3 is 23.5 Å². The van der Waals surface area contributed by atoms with Crippen LogP contribution in [0.25, 0.3) is 0 Å². The lowest BCUT2D eigenvalue weighted by atomic mass is 9.92. The van der Waals surface area contributed by atoms with E-state index in [4.69, 9.17) is 13.3 Å². The van der Waals surface area contributed by atoms with Crippen LogP contribution in [-0.4, -0.2) is 38.8 Å². The van der Waals surface area contributed by atoms with Crippen molar-refractivity contribution in [1.29, 1.82) is 0 Å². The van der Waals surface area contributed by atoms with Crippen molar-refractivity contribution in [3.8, 4) is 11.5 Å². The van der Waals surface area contributed by atoms with E-state index in [1.807, 2.05) is 94.4 Å². The maximum Gasteiger partial charge on any atom is 0.509 e. The second-order valence-corrected chi connectivity index (χ2v) is 11.3. The van der Waals surface area contributed by atoms with Crippen LogP contribution in [0.5, 0.6) is 11.5 Å². The minimum Gasteiger partial charge on any atom is -0.507 e. The Morgan fingerprint density at radius 3 is 1.40 bits per heavy atom. The highest BCUT2D eigenvalue weighted by Gasteiger charge is 2.51. The zero-order valence-electron chi connectivity index (χ0n) is 21.3. The molecule has 0 fully saturated rings. The number of rotatable bonds is 13. The molecule has 0 aromatic heterocycles. The molecular formula is C29H38O5Si. The first-order valence-electron chi connectivity index (χ1n) is 12.6. The van der Waals surface area contributed by atoms with E-state index in [0.29, 0.717) is 44.6 Å². The molecule has 3 aromatic rings. The molecule has 0 amide bonds. The van der Waals surface area contributed by atoms with Crippen LogP contribution in [0, 0.1) is 0 Å². The Labute approximate surface area is 210 Å². The topological polar surface area (TPSA) is 68.2 Å². The van der Waals surface area contributed by atoms with Crippen molar-refractivity contribution in [1.82, 2.24) is 0 Å². The van der Waals surface area contributed by atoms with Gasteiger partial charge >= 0.3 is 8.80 Å². The van der Waals surface area contributed by atoms with Crippen molar-refractivity contribution in [2.75, 3.05) is 19.8 Å². The summed E-state index contributed by atoms with van der Waals surface area (Å²) in [5, 5.41) is 23.2. The van der Waals surface area contributed by atoms with E-state index in [1.165, 1.54) is 0 Å².